The summed E-state index contributed by atoms with van der Waals surface area (Å²) in [5, 5.41) is 0. The Morgan fingerprint density at radius 1 is 1.40 bits per heavy atom. The van der Waals surface area contributed by atoms with Gasteiger partial charge in [0.25, 0.3) is 0 Å². The van der Waals surface area contributed by atoms with Crippen LogP contribution in [0.25, 0.3) is 0 Å². The molecule has 1 aliphatic rings. The van der Waals surface area contributed by atoms with E-state index in [2.05, 4.69) is 0 Å². The lowest BCUT2D eigenvalue weighted by Crippen LogP contribution is -2.39. The molecule has 0 saturated heterocycles. The first kappa shape index (κ1) is 15.2. The number of benzene rings is 1. The van der Waals surface area contributed by atoms with Crippen molar-refractivity contribution in [2.45, 2.75) is 43.0 Å². The average molecular weight is 296 g/mol. The molecule has 0 aromatic heterocycles. The smallest absolute Gasteiger partial charge is 0.232 e. The summed E-state index contributed by atoms with van der Waals surface area (Å²) in [6, 6.07) is 4.93. The summed E-state index contributed by atoms with van der Waals surface area (Å²) in [7, 11) is 1.86. The minimum Gasteiger partial charge on any atom is -0.399 e. The van der Waals surface area contributed by atoms with E-state index >= 15 is 0 Å². The molecule has 110 valence electrons. The lowest BCUT2D eigenvalue weighted by atomic mass is 9.94. The standard InChI is InChI=1S/C15H21FN2OS/c1-18(12-5-3-2-4-6-12)15(19)10-20-14-8-7-11(17)9-13(14)16/h7-9,12H,2-6,10,17H2,1H3. The third-order valence-corrected chi connectivity index (χ3v) is 4.86. The number of nitrogen functional groups attached to an aromatic ring is 1. The van der Waals surface area contributed by atoms with Gasteiger partial charge in [0.2, 0.25) is 5.91 Å². The highest BCUT2D eigenvalue weighted by atomic mass is 32.2. The first-order valence-corrected chi connectivity index (χ1v) is 8.00. The Morgan fingerprint density at radius 3 is 2.75 bits per heavy atom. The fourth-order valence-electron chi connectivity index (χ4n) is 2.55. The molecule has 0 radical (unpaired) electrons. The van der Waals surface area contributed by atoms with Gasteiger partial charge in [-0.2, -0.15) is 0 Å². The summed E-state index contributed by atoms with van der Waals surface area (Å²) in [5.74, 6) is -0.0188. The largest absolute Gasteiger partial charge is 0.399 e. The Hall–Kier alpha value is -1.23. The minimum atomic E-state index is -0.358. The molecule has 1 amide bonds. The fraction of sp³-hybridized carbons (Fsp3) is 0.533. The van der Waals surface area contributed by atoms with E-state index in [0.29, 0.717) is 16.6 Å². The molecule has 0 aliphatic heterocycles. The fourth-order valence-corrected chi connectivity index (χ4v) is 3.39. The highest BCUT2D eigenvalue weighted by Gasteiger charge is 2.22. The molecular weight excluding hydrogens is 275 g/mol. The van der Waals surface area contributed by atoms with Gasteiger partial charge in [-0.3, -0.25) is 4.79 Å². The van der Waals surface area contributed by atoms with Crippen LogP contribution in [0.15, 0.2) is 23.1 Å². The van der Waals surface area contributed by atoms with Gasteiger partial charge in [-0.1, -0.05) is 19.3 Å². The number of carbonyl (C=O) groups is 1. The number of halogens is 1. The van der Waals surface area contributed by atoms with Crippen molar-refractivity contribution < 1.29 is 9.18 Å². The molecule has 1 aliphatic carbocycles. The molecule has 0 spiro atoms. The molecule has 2 N–H and O–H groups in total. The van der Waals surface area contributed by atoms with Crippen molar-refractivity contribution >= 4 is 23.4 Å². The summed E-state index contributed by atoms with van der Waals surface area (Å²) < 4.78 is 13.6. The van der Waals surface area contributed by atoms with Crippen LogP contribution in [-0.4, -0.2) is 29.6 Å². The van der Waals surface area contributed by atoms with Crippen LogP contribution in [0, 0.1) is 5.82 Å². The minimum absolute atomic E-state index is 0.0677. The van der Waals surface area contributed by atoms with E-state index < -0.39 is 0 Å². The van der Waals surface area contributed by atoms with Crippen LogP contribution < -0.4 is 5.73 Å². The monoisotopic (exact) mass is 296 g/mol. The Morgan fingerprint density at radius 2 is 2.10 bits per heavy atom. The topological polar surface area (TPSA) is 46.3 Å². The molecule has 0 atom stereocenters. The van der Waals surface area contributed by atoms with Crippen molar-refractivity contribution in [3.63, 3.8) is 0 Å². The highest BCUT2D eigenvalue weighted by molar-refractivity contribution is 8.00. The van der Waals surface area contributed by atoms with Crippen LogP contribution in [0.4, 0.5) is 10.1 Å². The van der Waals surface area contributed by atoms with Crippen LogP contribution in [-0.2, 0) is 4.79 Å². The molecule has 2 rings (SSSR count). The first-order valence-electron chi connectivity index (χ1n) is 7.01. The molecule has 20 heavy (non-hydrogen) atoms. The zero-order chi connectivity index (χ0) is 14.5. The third-order valence-electron chi connectivity index (χ3n) is 3.82. The molecular formula is C15H21FN2OS. The predicted octanol–water partition coefficient (Wildman–Crippen LogP) is 3.29. The maximum absolute atomic E-state index is 13.6. The van der Waals surface area contributed by atoms with Gasteiger partial charge in [0.15, 0.2) is 0 Å². The number of anilines is 1. The molecule has 5 heteroatoms. The molecule has 0 heterocycles. The number of hydrogen-bond donors (Lipinski definition) is 1. The quantitative estimate of drug-likeness (QED) is 0.685. The number of nitrogens with two attached hydrogens (primary N) is 1. The van der Waals surface area contributed by atoms with Gasteiger partial charge in [0.05, 0.1) is 5.75 Å². The summed E-state index contributed by atoms with van der Waals surface area (Å²) in [4.78, 5) is 14.5. The second-order valence-corrected chi connectivity index (χ2v) is 6.29. The van der Waals surface area contributed by atoms with Gasteiger partial charge >= 0.3 is 0 Å². The van der Waals surface area contributed by atoms with Crippen molar-refractivity contribution in [2.75, 3.05) is 18.5 Å². The van der Waals surface area contributed by atoms with E-state index in [1.165, 1.54) is 37.1 Å². The number of rotatable bonds is 4. The second kappa shape index (κ2) is 6.97. The molecule has 3 nitrogen and oxygen atoms in total. The number of carbonyl (C=O) groups excluding carboxylic acids is 1. The maximum atomic E-state index is 13.6. The molecule has 1 aromatic carbocycles. The summed E-state index contributed by atoms with van der Waals surface area (Å²) in [6.07, 6.45) is 5.83. The van der Waals surface area contributed by atoms with E-state index in [1.807, 2.05) is 11.9 Å². The first-order chi connectivity index (χ1) is 9.58. The third kappa shape index (κ3) is 3.88. The average Bonchev–Trinajstić information content (AvgIpc) is 2.46. The van der Waals surface area contributed by atoms with Gasteiger partial charge in [0.1, 0.15) is 5.82 Å². The van der Waals surface area contributed by atoms with E-state index in [-0.39, 0.29) is 17.5 Å². The van der Waals surface area contributed by atoms with Gasteiger partial charge in [0, 0.05) is 23.7 Å². The molecule has 0 bridgehead atoms. The van der Waals surface area contributed by atoms with Gasteiger partial charge in [-0.05, 0) is 31.0 Å². The van der Waals surface area contributed by atoms with Crippen LogP contribution in [0.5, 0.6) is 0 Å². The maximum Gasteiger partial charge on any atom is 0.232 e. The zero-order valence-corrected chi connectivity index (χ0v) is 12.6. The summed E-state index contributed by atoms with van der Waals surface area (Å²) in [5.41, 5.74) is 5.91. The summed E-state index contributed by atoms with van der Waals surface area (Å²) in [6.45, 7) is 0. The van der Waals surface area contributed by atoms with Crippen molar-refractivity contribution in [2.24, 2.45) is 0 Å². The van der Waals surface area contributed by atoms with Gasteiger partial charge in [-0.15, -0.1) is 11.8 Å². The number of hydrogen-bond acceptors (Lipinski definition) is 3. The van der Waals surface area contributed by atoms with Gasteiger partial charge in [-0.25, -0.2) is 4.39 Å². The van der Waals surface area contributed by atoms with Crippen molar-refractivity contribution in [3.8, 4) is 0 Å². The Bertz CT molecular complexity index is 475. The summed E-state index contributed by atoms with van der Waals surface area (Å²) >= 11 is 1.23. The normalized spacial score (nSPS) is 16.1. The molecule has 1 aromatic rings. The van der Waals surface area contributed by atoms with E-state index in [4.69, 9.17) is 5.73 Å². The van der Waals surface area contributed by atoms with Crippen LogP contribution >= 0.6 is 11.8 Å². The van der Waals surface area contributed by atoms with Crippen molar-refractivity contribution in [3.05, 3.63) is 24.0 Å². The van der Waals surface area contributed by atoms with E-state index in [9.17, 15) is 9.18 Å². The number of thioether (sulfide) groups is 1. The molecule has 0 unspecified atom stereocenters. The Balaban J connectivity index is 1.87. The van der Waals surface area contributed by atoms with Crippen LogP contribution in [0.1, 0.15) is 32.1 Å². The lowest BCUT2D eigenvalue weighted by Gasteiger charge is -2.31. The van der Waals surface area contributed by atoms with Crippen molar-refractivity contribution in [1.82, 2.24) is 4.90 Å². The van der Waals surface area contributed by atoms with E-state index in [1.54, 1.807) is 12.1 Å². The lowest BCUT2D eigenvalue weighted by molar-refractivity contribution is -0.129. The zero-order valence-electron chi connectivity index (χ0n) is 11.8. The van der Waals surface area contributed by atoms with Crippen LogP contribution in [0.2, 0.25) is 0 Å². The number of nitrogens with zero attached hydrogens (tertiary/aromatic N) is 1. The predicted molar refractivity (Wildman–Crippen MR) is 81.2 cm³/mol. The number of amides is 1. The molecule has 1 fully saturated rings. The Labute approximate surface area is 123 Å². The highest BCUT2D eigenvalue weighted by Crippen LogP contribution is 2.25. The molecule has 1 saturated carbocycles. The van der Waals surface area contributed by atoms with Crippen molar-refractivity contribution in [1.29, 1.82) is 0 Å². The van der Waals surface area contributed by atoms with Crippen LogP contribution in [0.3, 0.4) is 0 Å². The Kier molecular flexibility index (Phi) is 5.29. The van der Waals surface area contributed by atoms with E-state index in [0.717, 1.165) is 12.8 Å². The SMILES string of the molecule is CN(C(=O)CSc1ccc(N)cc1F)C1CCCCC1. The van der Waals surface area contributed by atoms with Gasteiger partial charge < -0.3 is 10.6 Å². The second-order valence-electron chi connectivity index (χ2n) is 5.28.